The van der Waals surface area contributed by atoms with Crippen LogP contribution in [-0.4, -0.2) is 34.2 Å². The monoisotopic (exact) mass is 552 g/mol. The molecule has 0 aliphatic heterocycles. The molecule has 35 heavy (non-hydrogen) atoms. The molecule has 0 saturated carbocycles. The van der Waals surface area contributed by atoms with Gasteiger partial charge in [-0.05, 0) is 54.6 Å². The second kappa shape index (κ2) is 10.7. The van der Waals surface area contributed by atoms with Crippen molar-refractivity contribution in [3.8, 4) is 11.4 Å². The van der Waals surface area contributed by atoms with Crippen molar-refractivity contribution < 1.29 is 14.3 Å². The second-order valence-electron chi connectivity index (χ2n) is 7.46. The van der Waals surface area contributed by atoms with E-state index < -0.39 is 0 Å². The summed E-state index contributed by atoms with van der Waals surface area (Å²) in [4.78, 5) is 42.2. The highest BCUT2D eigenvalue weighted by atomic mass is 79.9. The van der Waals surface area contributed by atoms with Crippen LogP contribution >= 0.6 is 27.7 Å². The van der Waals surface area contributed by atoms with E-state index in [1.807, 2.05) is 30.3 Å². The first-order valence-electron chi connectivity index (χ1n) is 10.5. The van der Waals surface area contributed by atoms with Gasteiger partial charge in [0, 0.05) is 17.1 Å². The fraction of sp³-hybridized carbons (Fsp3) is 0.120. The van der Waals surface area contributed by atoms with Crippen molar-refractivity contribution in [2.75, 3.05) is 23.5 Å². The van der Waals surface area contributed by atoms with E-state index in [0.29, 0.717) is 38.9 Å². The molecule has 1 aromatic heterocycles. The summed E-state index contributed by atoms with van der Waals surface area (Å²) in [6.45, 7) is 1.40. The largest absolute Gasteiger partial charge is 0.495 e. The summed E-state index contributed by atoms with van der Waals surface area (Å²) in [5.74, 6) is -0.100. The fourth-order valence-corrected chi connectivity index (χ4v) is 4.51. The number of carbonyl (C=O) groups excluding carboxylic acids is 2. The molecule has 8 nitrogen and oxygen atoms in total. The van der Waals surface area contributed by atoms with Crippen molar-refractivity contribution in [2.24, 2.45) is 0 Å². The molecule has 2 amide bonds. The smallest absolute Gasteiger partial charge is 0.266 e. The van der Waals surface area contributed by atoms with Crippen LogP contribution in [0.5, 0.6) is 5.75 Å². The van der Waals surface area contributed by atoms with Gasteiger partial charge in [-0.15, -0.1) is 0 Å². The Morgan fingerprint density at radius 3 is 2.51 bits per heavy atom. The fourth-order valence-electron chi connectivity index (χ4n) is 3.43. The third kappa shape index (κ3) is 5.72. The number of aromatic nitrogens is 2. The Morgan fingerprint density at radius 1 is 1.06 bits per heavy atom. The van der Waals surface area contributed by atoms with Crippen LogP contribution in [0.3, 0.4) is 0 Å². The molecule has 0 bridgehead atoms. The minimum Gasteiger partial charge on any atom is -0.495 e. The number of hydrogen-bond acceptors (Lipinski definition) is 6. The predicted octanol–water partition coefficient (Wildman–Crippen LogP) is 4.85. The molecule has 0 aliphatic carbocycles. The topological polar surface area (TPSA) is 102 Å². The lowest BCUT2D eigenvalue weighted by atomic mass is 10.2. The zero-order valence-electron chi connectivity index (χ0n) is 18.9. The molecule has 0 radical (unpaired) electrons. The van der Waals surface area contributed by atoms with Gasteiger partial charge in [0.05, 0.1) is 35.1 Å². The maximum absolute atomic E-state index is 13.3. The standard InChI is InChI=1S/C25H21BrN4O4S/c1-15(31)27-17-9-12-22(34-2)21(13-17)28-23(32)14-35-25-29-20-6-4-3-5-19(20)24(33)30(25)18-10-7-16(26)8-11-18/h3-13H,14H2,1-2H3,(H,27,31)(H,28,32). The Morgan fingerprint density at radius 2 is 1.80 bits per heavy atom. The lowest BCUT2D eigenvalue weighted by Gasteiger charge is -2.14. The number of benzene rings is 3. The first kappa shape index (κ1) is 24.5. The van der Waals surface area contributed by atoms with Crippen LogP contribution in [0, 0.1) is 0 Å². The number of rotatable bonds is 7. The lowest BCUT2D eigenvalue weighted by molar-refractivity contribution is -0.114. The normalized spacial score (nSPS) is 10.7. The van der Waals surface area contributed by atoms with Crippen molar-refractivity contribution in [3.05, 3.63) is 81.6 Å². The van der Waals surface area contributed by atoms with Gasteiger partial charge in [-0.2, -0.15) is 0 Å². The Hall–Kier alpha value is -3.63. The first-order chi connectivity index (χ1) is 16.9. The van der Waals surface area contributed by atoms with Crippen LogP contribution in [0.15, 0.2) is 81.2 Å². The van der Waals surface area contributed by atoms with E-state index in [4.69, 9.17) is 4.74 Å². The van der Waals surface area contributed by atoms with Gasteiger partial charge in [-0.1, -0.05) is 39.8 Å². The number of amides is 2. The van der Waals surface area contributed by atoms with Crippen molar-refractivity contribution in [1.29, 1.82) is 0 Å². The molecule has 3 aromatic carbocycles. The van der Waals surface area contributed by atoms with Gasteiger partial charge in [0.2, 0.25) is 11.8 Å². The average molecular weight is 553 g/mol. The average Bonchev–Trinajstić information content (AvgIpc) is 2.83. The summed E-state index contributed by atoms with van der Waals surface area (Å²) >= 11 is 4.56. The van der Waals surface area contributed by atoms with Crippen LogP contribution in [0.25, 0.3) is 16.6 Å². The molecule has 178 valence electrons. The Bertz CT molecular complexity index is 1470. The molecule has 0 unspecified atom stereocenters. The number of para-hydroxylation sites is 1. The Kier molecular flexibility index (Phi) is 7.52. The van der Waals surface area contributed by atoms with E-state index in [0.717, 1.165) is 16.2 Å². The summed E-state index contributed by atoms with van der Waals surface area (Å²) in [5, 5.41) is 6.37. The first-order valence-corrected chi connectivity index (χ1v) is 12.3. The van der Waals surface area contributed by atoms with Crippen LogP contribution in [-0.2, 0) is 9.59 Å². The minimum absolute atomic E-state index is 0.00513. The van der Waals surface area contributed by atoms with Crippen molar-refractivity contribution >= 4 is 61.8 Å². The van der Waals surface area contributed by atoms with Gasteiger partial charge in [0.1, 0.15) is 5.75 Å². The minimum atomic E-state index is -0.321. The summed E-state index contributed by atoms with van der Waals surface area (Å²) < 4.78 is 7.71. The van der Waals surface area contributed by atoms with Gasteiger partial charge in [-0.25, -0.2) is 4.98 Å². The number of nitrogens with one attached hydrogen (secondary N) is 2. The molecule has 0 saturated heterocycles. The van der Waals surface area contributed by atoms with Crippen LogP contribution in [0.2, 0.25) is 0 Å². The van der Waals surface area contributed by atoms with Crippen molar-refractivity contribution in [3.63, 3.8) is 0 Å². The molecular weight excluding hydrogens is 532 g/mol. The van der Waals surface area contributed by atoms with Gasteiger partial charge in [0.25, 0.3) is 5.56 Å². The number of thioether (sulfide) groups is 1. The van der Waals surface area contributed by atoms with Crippen LogP contribution in [0.4, 0.5) is 11.4 Å². The summed E-state index contributed by atoms with van der Waals surface area (Å²) in [7, 11) is 1.49. The summed E-state index contributed by atoms with van der Waals surface area (Å²) in [5.41, 5.74) is 1.93. The Balaban J connectivity index is 1.62. The highest BCUT2D eigenvalue weighted by Crippen LogP contribution is 2.29. The SMILES string of the molecule is COc1ccc(NC(C)=O)cc1NC(=O)CSc1nc2ccccc2c(=O)n1-c1ccc(Br)cc1. The number of carbonyl (C=O) groups is 2. The molecule has 4 rings (SSSR count). The molecule has 0 aliphatic rings. The van der Waals surface area contributed by atoms with Gasteiger partial charge in [-0.3, -0.25) is 19.0 Å². The number of methoxy groups -OCH3 is 1. The number of ether oxygens (including phenoxy) is 1. The zero-order valence-corrected chi connectivity index (χ0v) is 21.3. The van der Waals surface area contributed by atoms with Gasteiger partial charge < -0.3 is 15.4 Å². The summed E-state index contributed by atoms with van der Waals surface area (Å²) in [6, 6.07) is 19.4. The maximum Gasteiger partial charge on any atom is 0.266 e. The van der Waals surface area contributed by atoms with E-state index in [2.05, 4.69) is 31.5 Å². The number of nitrogens with zero attached hydrogens (tertiary/aromatic N) is 2. The highest BCUT2D eigenvalue weighted by Gasteiger charge is 2.16. The number of anilines is 2. The van der Waals surface area contributed by atoms with Gasteiger partial charge in [0.15, 0.2) is 5.16 Å². The molecular formula is C25H21BrN4O4S. The van der Waals surface area contributed by atoms with E-state index in [-0.39, 0.29) is 23.1 Å². The zero-order chi connectivity index (χ0) is 24.9. The van der Waals surface area contributed by atoms with E-state index >= 15 is 0 Å². The molecule has 2 N–H and O–H groups in total. The van der Waals surface area contributed by atoms with Gasteiger partial charge >= 0.3 is 0 Å². The van der Waals surface area contributed by atoms with E-state index in [1.54, 1.807) is 36.4 Å². The van der Waals surface area contributed by atoms with E-state index in [1.165, 1.54) is 18.6 Å². The molecule has 0 fully saturated rings. The predicted molar refractivity (Wildman–Crippen MR) is 142 cm³/mol. The molecule has 4 aromatic rings. The van der Waals surface area contributed by atoms with Crippen LogP contribution < -0.4 is 20.9 Å². The third-order valence-corrected chi connectivity index (χ3v) is 6.42. The maximum atomic E-state index is 13.3. The molecule has 10 heteroatoms. The summed E-state index contributed by atoms with van der Waals surface area (Å²) in [6.07, 6.45) is 0. The van der Waals surface area contributed by atoms with Crippen molar-refractivity contribution in [2.45, 2.75) is 12.1 Å². The Labute approximate surface area is 213 Å². The lowest BCUT2D eigenvalue weighted by Crippen LogP contribution is -2.23. The van der Waals surface area contributed by atoms with Crippen molar-refractivity contribution in [1.82, 2.24) is 9.55 Å². The number of hydrogen-bond donors (Lipinski definition) is 2. The molecule has 0 spiro atoms. The second-order valence-corrected chi connectivity index (χ2v) is 9.32. The quantitative estimate of drug-likeness (QED) is 0.251. The van der Waals surface area contributed by atoms with Crippen LogP contribution in [0.1, 0.15) is 6.92 Å². The number of fused-ring (bicyclic) bond motifs is 1. The third-order valence-electron chi connectivity index (χ3n) is 4.96. The highest BCUT2D eigenvalue weighted by molar-refractivity contribution is 9.10. The number of halogens is 1. The molecule has 1 heterocycles. The molecule has 0 atom stereocenters. The van der Waals surface area contributed by atoms with E-state index in [9.17, 15) is 14.4 Å².